The summed E-state index contributed by atoms with van der Waals surface area (Å²) in [6, 6.07) is 0.911. The first-order valence-corrected chi connectivity index (χ1v) is 7.00. The van der Waals surface area contributed by atoms with Gasteiger partial charge in [0.05, 0.1) is 0 Å². The average molecular weight is 226 g/mol. The number of aliphatic hydroxyl groups excluding tert-OH is 1. The standard InChI is InChI=1S/C13H26N2O/c1-2-11-7-4-6-10-15(11)13(16)12-8-3-5-9-14-12/h11-14,16H,2-10H2,1H3. The number of likely N-dealkylation sites (tertiary alicyclic amines) is 1. The molecule has 2 rings (SSSR count). The molecule has 2 saturated heterocycles. The van der Waals surface area contributed by atoms with Crippen molar-refractivity contribution in [2.75, 3.05) is 13.1 Å². The third-order valence-electron chi connectivity index (χ3n) is 4.19. The smallest absolute Gasteiger partial charge is 0.123 e. The number of piperidine rings is 2. The van der Waals surface area contributed by atoms with Gasteiger partial charge in [0.1, 0.15) is 6.23 Å². The topological polar surface area (TPSA) is 35.5 Å². The second-order valence-electron chi connectivity index (χ2n) is 5.27. The van der Waals surface area contributed by atoms with Crippen molar-refractivity contribution in [1.29, 1.82) is 0 Å². The molecule has 0 saturated carbocycles. The molecule has 2 fully saturated rings. The average Bonchev–Trinajstić information content (AvgIpc) is 2.39. The molecule has 3 atom stereocenters. The Morgan fingerprint density at radius 3 is 2.75 bits per heavy atom. The molecule has 0 aliphatic carbocycles. The Kier molecular flexibility index (Phi) is 4.62. The molecule has 2 heterocycles. The van der Waals surface area contributed by atoms with E-state index < -0.39 is 0 Å². The number of nitrogens with zero attached hydrogens (tertiary/aromatic N) is 1. The van der Waals surface area contributed by atoms with Gasteiger partial charge in [-0.25, -0.2) is 0 Å². The van der Waals surface area contributed by atoms with Gasteiger partial charge in [-0.2, -0.15) is 0 Å². The highest BCUT2D eigenvalue weighted by Crippen LogP contribution is 2.24. The Labute approximate surface area is 99.2 Å². The zero-order valence-electron chi connectivity index (χ0n) is 10.5. The summed E-state index contributed by atoms with van der Waals surface area (Å²) in [5, 5.41) is 13.9. The molecular weight excluding hydrogens is 200 g/mol. The van der Waals surface area contributed by atoms with E-state index >= 15 is 0 Å². The summed E-state index contributed by atoms with van der Waals surface area (Å²) in [7, 11) is 0. The maximum atomic E-state index is 10.5. The molecule has 0 radical (unpaired) electrons. The molecular formula is C13H26N2O. The fourth-order valence-electron chi connectivity index (χ4n) is 3.17. The van der Waals surface area contributed by atoms with Crippen LogP contribution in [0.3, 0.4) is 0 Å². The van der Waals surface area contributed by atoms with E-state index in [1.165, 1.54) is 38.5 Å². The predicted molar refractivity (Wildman–Crippen MR) is 66.3 cm³/mol. The Bertz CT molecular complexity index is 204. The van der Waals surface area contributed by atoms with Crippen LogP contribution in [0.4, 0.5) is 0 Å². The lowest BCUT2D eigenvalue weighted by Gasteiger charge is -2.42. The quantitative estimate of drug-likeness (QED) is 0.769. The van der Waals surface area contributed by atoms with Crippen molar-refractivity contribution in [1.82, 2.24) is 10.2 Å². The Balaban J connectivity index is 1.92. The minimum Gasteiger partial charge on any atom is -0.377 e. The summed E-state index contributed by atoms with van der Waals surface area (Å²) in [6.07, 6.45) is 8.42. The molecule has 2 aliphatic rings. The van der Waals surface area contributed by atoms with Gasteiger partial charge >= 0.3 is 0 Å². The normalized spacial score (nSPS) is 34.9. The van der Waals surface area contributed by atoms with Gasteiger partial charge in [0.25, 0.3) is 0 Å². The molecule has 3 unspecified atom stereocenters. The first-order valence-electron chi connectivity index (χ1n) is 7.00. The van der Waals surface area contributed by atoms with Gasteiger partial charge in [-0.3, -0.25) is 4.90 Å². The second-order valence-corrected chi connectivity index (χ2v) is 5.27. The van der Waals surface area contributed by atoms with E-state index in [1.54, 1.807) is 0 Å². The molecule has 0 amide bonds. The summed E-state index contributed by atoms with van der Waals surface area (Å²) in [5.41, 5.74) is 0. The van der Waals surface area contributed by atoms with Crippen molar-refractivity contribution in [2.24, 2.45) is 0 Å². The van der Waals surface area contributed by atoms with Crippen LogP contribution in [0.1, 0.15) is 51.9 Å². The van der Waals surface area contributed by atoms with Crippen LogP contribution in [0.5, 0.6) is 0 Å². The van der Waals surface area contributed by atoms with Crippen molar-refractivity contribution >= 4 is 0 Å². The number of nitrogens with one attached hydrogen (secondary N) is 1. The van der Waals surface area contributed by atoms with E-state index in [1.807, 2.05) is 0 Å². The lowest BCUT2D eigenvalue weighted by Crippen LogP contribution is -2.56. The largest absolute Gasteiger partial charge is 0.377 e. The Hall–Kier alpha value is -0.120. The van der Waals surface area contributed by atoms with Crippen LogP contribution in [0.25, 0.3) is 0 Å². The number of aliphatic hydroxyl groups is 1. The molecule has 0 aromatic heterocycles. The van der Waals surface area contributed by atoms with Gasteiger partial charge in [0.2, 0.25) is 0 Å². The monoisotopic (exact) mass is 226 g/mol. The van der Waals surface area contributed by atoms with Crippen LogP contribution in [-0.2, 0) is 0 Å². The third kappa shape index (κ3) is 2.76. The minimum atomic E-state index is -0.259. The highest BCUT2D eigenvalue weighted by molar-refractivity contribution is 4.85. The summed E-state index contributed by atoms with van der Waals surface area (Å²) in [5.74, 6) is 0. The van der Waals surface area contributed by atoms with Crippen molar-refractivity contribution in [3.63, 3.8) is 0 Å². The van der Waals surface area contributed by atoms with E-state index in [-0.39, 0.29) is 6.23 Å². The molecule has 0 aromatic carbocycles. The minimum absolute atomic E-state index is 0.259. The molecule has 16 heavy (non-hydrogen) atoms. The van der Waals surface area contributed by atoms with Crippen LogP contribution in [0.2, 0.25) is 0 Å². The Morgan fingerprint density at radius 1 is 1.25 bits per heavy atom. The SMILES string of the molecule is CCC1CCCCN1C(O)C1CCCCN1. The van der Waals surface area contributed by atoms with E-state index in [0.29, 0.717) is 12.1 Å². The second kappa shape index (κ2) is 5.99. The first kappa shape index (κ1) is 12.3. The number of rotatable bonds is 3. The van der Waals surface area contributed by atoms with Crippen molar-refractivity contribution in [3.05, 3.63) is 0 Å². The van der Waals surface area contributed by atoms with Crippen molar-refractivity contribution in [2.45, 2.75) is 70.2 Å². The number of hydrogen-bond acceptors (Lipinski definition) is 3. The van der Waals surface area contributed by atoms with E-state index in [2.05, 4.69) is 17.1 Å². The molecule has 0 spiro atoms. The third-order valence-corrected chi connectivity index (χ3v) is 4.19. The van der Waals surface area contributed by atoms with Gasteiger partial charge in [0, 0.05) is 18.6 Å². The molecule has 0 bridgehead atoms. The van der Waals surface area contributed by atoms with E-state index in [4.69, 9.17) is 0 Å². The maximum absolute atomic E-state index is 10.5. The summed E-state index contributed by atoms with van der Waals surface area (Å²) in [6.45, 7) is 4.40. The molecule has 0 aromatic rings. The Morgan fingerprint density at radius 2 is 2.06 bits per heavy atom. The summed E-state index contributed by atoms with van der Waals surface area (Å²) in [4.78, 5) is 2.34. The fourth-order valence-corrected chi connectivity index (χ4v) is 3.17. The molecule has 2 N–H and O–H groups in total. The lowest BCUT2D eigenvalue weighted by molar-refractivity contribution is -0.0677. The summed E-state index contributed by atoms with van der Waals surface area (Å²) < 4.78 is 0. The highest BCUT2D eigenvalue weighted by Gasteiger charge is 2.31. The van der Waals surface area contributed by atoms with Crippen LogP contribution >= 0.6 is 0 Å². The van der Waals surface area contributed by atoms with Crippen LogP contribution in [0, 0.1) is 0 Å². The van der Waals surface area contributed by atoms with Gasteiger partial charge in [-0.1, -0.05) is 19.8 Å². The van der Waals surface area contributed by atoms with Crippen LogP contribution < -0.4 is 5.32 Å². The zero-order valence-corrected chi connectivity index (χ0v) is 10.5. The van der Waals surface area contributed by atoms with Crippen LogP contribution in [0.15, 0.2) is 0 Å². The van der Waals surface area contributed by atoms with Gasteiger partial charge in [0.15, 0.2) is 0 Å². The lowest BCUT2D eigenvalue weighted by atomic mass is 9.96. The van der Waals surface area contributed by atoms with E-state index in [9.17, 15) is 5.11 Å². The molecule has 94 valence electrons. The first-order chi connectivity index (χ1) is 7.83. The van der Waals surface area contributed by atoms with Gasteiger partial charge < -0.3 is 10.4 Å². The van der Waals surface area contributed by atoms with Gasteiger partial charge in [-0.15, -0.1) is 0 Å². The highest BCUT2D eigenvalue weighted by atomic mass is 16.3. The number of hydrogen-bond donors (Lipinski definition) is 2. The zero-order chi connectivity index (χ0) is 11.4. The molecule has 3 heteroatoms. The molecule has 3 nitrogen and oxygen atoms in total. The van der Waals surface area contributed by atoms with Crippen LogP contribution in [-0.4, -0.2) is 41.4 Å². The fraction of sp³-hybridized carbons (Fsp3) is 1.00. The van der Waals surface area contributed by atoms with Crippen molar-refractivity contribution < 1.29 is 5.11 Å². The predicted octanol–water partition coefficient (Wildman–Crippen LogP) is 1.71. The maximum Gasteiger partial charge on any atom is 0.123 e. The summed E-state index contributed by atoms with van der Waals surface area (Å²) >= 11 is 0. The molecule has 2 aliphatic heterocycles. The van der Waals surface area contributed by atoms with Crippen molar-refractivity contribution in [3.8, 4) is 0 Å². The van der Waals surface area contributed by atoms with E-state index in [0.717, 1.165) is 19.5 Å². The van der Waals surface area contributed by atoms with Gasteiger partial charge in [-0.05, 0) is 38.6 Å².